The van der Waals surface area contributed by atoms with Crippen molar-refractivity contribution in [2.24, 2.45) is 5.92 Å². The van der Waals surface area contributed by atoms with Gasteiger partial charge in [-0.2, -0.15) is 0 Å². The van der Waals surface area contributed by atoms with Crippen LogP contribution in [0.3, 0.4) is 0 Å². The number of fused-ring (bicyclic) bond motifs is 1. The Morgan fingerprint density at radius 3 is 2.69 bits per heavy atom. The molecule has 2 aromatic rings. The number of nitrogens with zero attached hydrogens (tertiary/aromatic N) is 1. The summed E-state index contributed by atoms with van der Waals surface area (Å²) in [5.41, 5.74) is 0.948. The first-order chi connectivity index (χ1) is 13.9. The Balaban J connectivity index is 1.55. The summed E-state index contributed by atoms with van der Waals surface area (Å²) in [6.07, 6.45) is 3.64. The van der Waals surface area contributed by atoms with E-state index < -0.39 is 5.91 Å². The van der Waals surface area contributed by atoms with Crippen LogP contribution in [0.4, 0.5) is 0 Å². The van der Waals surface area contributed by atoms with Crippen molar-refractivity contribution in [3.05, 3.63) is 29.3 Å². The number of benzene rings is 1. The van der Waals surface area contributed by atoms with E-state index in [1.165, 1.54) is 0 Å². The van der Waals surface area contributed by atoms with Crippen molar-refractivity contribution in [1.82, 2.24) is 15.6 Å². The third kappa shape index (κ3) is 5.76. The molecule has 156 valence electrons. The highest BCUT2D eigenvalue weighted by Crippen LogP contribution is 2.41. The summed E-state index contributed by atoms with van der Waals surface area (Å²) in [4.78, 5) is 40.9. The number of para-hydroxylation sites is 1. The third-order valence-electron chi connectivity index (χ3n) is 4.94. The lowest BCUT2D eigenvalue weighted by Crippen LogP contribution is -2.41. The van der Waals surface area contributed by atoms with Crippen molar-refractivity contribution < 1.29 is 19.1 Å². The molecule has 0 aliphatic heterocycles. The number of amides is 2. The van der Waals surface area contributed by atoms with Gasteiger partial charge in [0.15, 0.2) is 6.61 Å². The first-order valence-corrected chi connectivity index (χ1v) is 10.8. The number of thiazole rings is 1. The molecule has 8 heteroatoms. The van der Waals surface area contributed by atoms with Crippen LogP contribution in [0.1, 0.15) is 50.5 Å². The highest BCUT2D eigenvalue weighted by Gasteiger charge is 2.35. The number of carbonyl (C=O) groups is 3. The summed E-state index contributed by atoms with van der Waals surface area (Å²) in [6.45, 7) is 3.17. The quantitative estimate of drug-likeness (QED) is 0.675. The minimum absolute atomic E-state index is 0.00275. The van der Waals surface area contributed by atoms with Gasteiger partial charge in [0.25, 0.3) is 5.91 Å². The molecule has 1 aromatic heterocycles. The van der Waals surface area contributed by atoms with Crippen LogP contribution in [0.15, 0.2) is 24.3 Å². The maximum absolute atomic E-state index is 12.7. The molecule has 2 N–H and O–H groups in total. The topological polar surface area (TPSA) is 97.4 Å². The van der Waals surface area contributed by atoms with E-state index in [1.807, 2.05) is 38.1 Å². The summed E-state index contributed by atoms with van der Waals surface area (Å²) < 4.78 is 6.39. The molecule has 0 bridgehead atoms. The minimum atomic E-state index is -0.482. The number of hydrogen-bond acceptors (Lipinski definition) is 6. The predicted molar refractivity (Wildman–Crippen MR) is 112 cm³/mol. The van der Waals surface area contributed by atoms with Gasteiger partial charge in [-0.05, 0) is 38.8 Å². The summed E-state index contributed by atoms with van der Waals surface area (Å²) in [7, 11) is 0. The third-order valence-corrected chi connectivity index (χ3v) is 6.11. The van der Waals surface area contributed by atoms with Gasteiger partial charge in [-0.25, -0.2) is 4.98 Å². The Morgan fingerprint density at radius 2 is 1.93 bits per heavy atom. The maximum Gasteiger partial charge on any atom is 0.310 e. The van der Waals surface area contributed by atoms with E-state index in [-0.39, 0.29) is 42.9 Å². The molecule has 29 heavy (non-hydrogen) atoms. The largest absolute Gasteiger partial charge is 0.455 e. The molecule has 1 aliphatic rings. The number of rotatable bonds is 7. The van der Waals surface area contributed by atoms with Gasteiger partial charge in [-0.3, -0.25) is 14.4 Å². The first kappa shape index (κ1) is 21.2. The Hall–Kier alpha value is -2.48. The van der Waals surface area contributed by atoms with Gasteiger partial charge in [-0.1, -0.05) is 25.0 Å². The lowest BCUT2D eigenvalue weighted by atomic mass is 9.79. The fourth-order valence-electron chi connectivity index (χ4n) is 3.60. The van der Waals surface area contributed by atoms with Gasteiger partial charge in [0.1, 0.15) is 0 Å². The number of carbonyl (C=O) groups excluding carboxylic acids is 3. The van der Waals surface area contributed by atoms with Crippen molar-refractivity contribution in [3.63, 3.8) is 0 Å². The fraction of sp³-hybridized carbons (Fsp3) is 0.524. The molecule has 0 spiro atoms. The predicted octanol–water partition coefficient (Wildman–Crippen LogP) is 2.75. The molecule has 1 aliphatic carbocycles. The monoisotopic (exact) mass is 417 g/mol. The number of ether oxygens (including phenoxy) is 1. The van der Waals surface area contributed by atoms with E-state index in [9.17, 15) is 14.4 Å². The zero-order valence-electron chi connectivity index (χ0n) is 16.8. The van der Waals surface area contributed by atoms with Crippen LogP contribution in [0.2, 0.25) is 0 Å². The molecule has 3 rings (SSSR count). The van der Waals surface area contributed by atoms with Crippen molar-refractivity contribution in [1.29, 1.82) is 0 Å². The SMILES string of the molecule is CC(C)NC(=O)CNC(=O)COC(=O)[C@@H]1CCCC[C@@H]1c1nc2ccccc2s1. The molecular weight excluding hydrogens is 390 g/mol. The van der Waals surface area contributed by atoms with E-state index in [0.29, 0.717) is 0 Å². The second-order valence-electron chi connectivity index (χ2n) is 7.62. The second-order valence-corrected chi connectivity index (χ2v) is 8.69. The zero-order valence-corrected chi connectivity index (χ0v) is 17.6. The number of esters is 1. The van der Waals surface area contributed by atoms with Crippen molar-refractivity contribution >= 4 is 39.3 Å². The summed E-state index contributed by atoms with van der Waals surface area (Å²) in [5.74, 6) is -1.39. The first-order valence-electron chi connectivity index (χ1n) is 10.0. The Labute approximate surface area is 174 Å². The van der Waals surface area contributed by atoms with Gasteiger partial charge < -0.3 is 15.4 Å². The second kappa shape index (κ2) is 9.82. The van der Waals surface area contributed by atoms with Crippen molar-refractivity contribution in [2.45, 2.75) is 51.5 Å². The Bertz CT molecular complexity index is 847. The Morgan fingerprint density at radius 1 is 1.17 bits per heavy atom. The molecular formula is C21H27N3O4S. The lowest BCUT2D eigenvalue weighted by Gasteiger charge is -2.28. The van der Waals surface area contributed by atoms with Gasteiger partial charge >= 0.3 is 5.97 Å². The molecule has 0 unspecified atom stereocenters. The molecule has 1 heterocycles. The highest BCUT2D eigenvalue weighted by molar-refractivity contribution is 7.18. The molecule has 1 saturated carbocycles. The zero-order chi connectivity index (χ0) is 20.8. The van der Waals surface area contributed by atoms with Crippen LogP contribution in [-0.2, 0) is 19.1 Å². The van der Waals surface area contributed by atoms with Crippen molar-refractivity contribution in [3.8, 4) is 0 Å². The number of hydrogen-bond donors (Lipinski definition) is 2. The van der Waals surface area contributed by atoms with Crippen LogP contribution < -0.4 is 10.6 Å². The summed E-state index contributed by atoms with van der Waals surface area (Å²) in [6, 6.07) is 7.95. The van der Waals surface area contributed by atoms with Crippen LogP contribution in [0.25, 0.3) is 10.2 Å². The number of nitrogens with one attached hydrogen (secondary N) is 2. The molecule has 0 saturated heterocycles. The molecule has 7 nitrogen and oxygen atoms in total. The highest BCUT2D eigenvalue weighted by atomic mass is 32.1. The van der Waals surface area contributed by atoms with Crippen LogP contribution in [0.5, 0.6) is 0 Å². The fourth-order valence-corrected chi connectivity index (χ4v) is 4.77. The van der Waals surface area contributed by atoms with Gasteiger partial charge in [0, 0.05) is 12.0 Å². The molecule has 1 fully saturated rings. The van der Waals surface area contributed by atoms with Gasteiger partial charge in [0.05, 0.1) is 27.7 Å². The molecule has 1 aromatic carbocycles. The van der Waals surface area contributed by atoms with E-state index >= 15 is 0 Å². The van der Waals surface area contributed by atoms with Crippen molar-refractivity contribution in [2.75, 3.05) is 13.2 Å². The average molecular weight is 418 g/mol. The van der Waals surface area contributed by atoms with E-state index in [0.717, 1.165) is 40.9 Å². The van der Waals surface area contributed by atoms with E-state index in [1.54, 1.807) is 11.3 Å². The summed E-state index contributed by atoms with van der Waals surface area (Å²) >= 11 is 1.62. The van der Waals surface area contributed by atoms with Gasteiger partial charge in [-0.15, -0.1) is 11.3 Å². The molecule has 2 amide bonds. The van der Waals surface area contributed by atoms with E-state index in [4.69, 9.17) is 9.72 Å². The molecule has 2 atom stereocenters. The summed E-state index contributed by atoms with van der Waals surface area (Å²) in [5, 5.41) is 6.11. The minimum Gasteiger partial charge on any atom is -0.455 e. The molecule has 0 radical (unpaired) electrons. The lowest BCUT2D eigenvalue weighted by molar-refractivity contribution is -0.154. The number of aromatic nitrogens is 1. The van der Waals surface area contributed by atoms with Crippen LogP contribution in [-0.4, -0.2) is 42.0 Å². The van der Waals surface area contributed by atoms with Gasteiger partial charge in [0.2, 0.25) is 5.91 Å². The van der Waals surface area contributed by atoms with E-state index in [2.05, 4.69) is 10.6 Å². The average Bonchev–Trinajstić information content (AvgIpc) is 3.14. The Kier molecular flexibility index (Phi) is 7.19. The normalized spacial score (nSPS) is 19.1. The smallest absolute Gasteiger partial charge is 0.310 e. The standard InChI is InChI=1S/C21H27N3O4S/c1-13(2)23-18(25)11-22-19(26)12-28-21(27)15-8-4-3-7-14(15)20-24-16-9-5-6-10-17(16)29-20/h5-6,9-10,13-15H,3-4,7-8,11-12H2,1-2H3,(H,22,26)(H,23,25)/t14-,15+/m0/s1. The van der Waals surface area contributed by atoms with Crippen LogP contribution in [0, 0.1) is 5.92 Å². The maximum atomic E-state index is 12.7. The van der Waals surface area contributed by atoms with Crippen LogP contribution >= 0.6 is 11.3 Å².